The Balaban J connectivity index is 2.08. The van der Waals surface area contributed by atoms with Crippen LogP contribution in [0.25, 0.3) is 0 Å². The summed E-state index contributed by atoms with van der Waals surface area (Å²) in [4.78, 5) is 25.1. The van der Waals surface area contributed by atoms with Gasteiger partial charge in [-0.25, -0.2) is 0 Å². The van der Waals surface area contributed by atoms with E-state index < -0.39 is 5.97 Å². The van der Waals surface area contributed by atoms with Crippen LogP contribution in [0.5, 0.6) is 5.75 Å². The summed E-state index contributed by atoms with van der Waals surface area (Å²) in [5.41, 5.74) is 1.63. The summed E-state index contributed by atoms with van der Waals surface area (Å²) in [6.07, 6.45) is 0.950. The fraction of sp³-hybridized carbons (Fsp3) is 0.300. The van der Waals surface area contributed by atoms with Crippen molar-refractivity contribution in [2.24, 2.45) is 5.92 Å². The zero-order valence-corrected chi connectivity index (χ0v) is 14.5. The van der Waals surface area contributed by atoms with Gasteiger partial charge in [-0.2, -0.15) is 0 Å². The van der Waals surface area contributed by atoms with Crippen molar-refractivity contribution in [3.63, 3.8) is 0 Å². The van der Waals surface area contributed by atoms with Crippen molar-refractivity contribution in [1.82, 2.24) is 0 Å². The first-order chi connectivity index (χ1) is 12.0. The summed E-state index contributed by atoms with van der Waals surface area (Å²) in [5, 5.41) is 9.12. The number of ether oxygens (including phenoxy) is 1. The number of aliphatic carboxylic acids is 1. The molecule has 0 aliphatic heterocycles. The topological polar surface area (TPSA) is 66.8 Å². The van der Waals surface area contributed by atoms with Gasteiger partial charge in [-0.3, -0.25) is 9.59 Å². The third kappa shape index (κ3) is 5.35. The average Bonchev–Trinajstić information content (AvgIpc) is 2.60. The predicted octanol–water partition coefficient (Wildman–Crippen LogP) is 3.38. The minimum Gasteiger partial charge on any atom is -0.496 e. The van der Waals surface area contributed by atoms with Crippen LogP contribution in [0.15, 0.2) is 54.6 Å². The highest BCUT2D eigenvalue weighted by Crippen LogP contribution is 2.23. The lowest BCUT2D eigenvalue weighted by Gasteiger charge is -2.23. The van der Waals surface area contributed by atoms with Gasteiger partial charge in [-0.1, -0.05) is 43.3 Å². The van der Waals surface area contributed by atoms with Crippen LogP contribution >= 0.6 is 0 Å². The van der Waals surface area contributed by atoms with Crippen LogP contribution in [0.1, 0.15) is 18.9 Å². The maximum absolute atomic E-state index is 12.7. The number of hydrogen-bond acceptors (Lipinski definition) is 3. The zero-order valence-electron chi connectivity index (χ0n) is 14.5. The van der Waals surface area contributed by atoms with Crippen molar-refractivity contribution in [3.8, 4) is 5.75 Å². The Morgan fingerprint density at radius 2 is 1.72 bits per heavy atom. The van der Waals surface area contributed by atoms with E-state index in [1.807, 2.05) is 37.3 Å². The highest BCUT2D eigenvalue weighted by molar-refractivity contribution is 5.97. The van der Waals surface area contributed by atoms with Crippen LogP contribution in [-0.2, 0) is 16.0 Å². The van der Waals surface area contributed by atoms with Gasteiger partial charge < -0.3 is 14.7 Å². The molecule has 0 radical (unpaired) electrons. The summed E-state index contributed by atoms with van der Waals surface area (Å²) in [7, 11) is 1.62. The van der Waals surface area contributed by atoms with Gasteiger partial charge in [-0.05, 0) is 36.1 Å². The van der Waals surface area contributed by atoms with Crippen LogP contribution < -0.4 is 9.64 Å². The van der Waals surface area contributed by atoms with E-state index in [0.717, 1.165) is 11.3 Å². The zero-order chi connectivity index (χ0) is 18.2. The maximum atomic E-state index is 12.7. The Morgan fingerprint density at radius 3 is 2.36 bits per heavy atom. The number of para-hydroxylation sites is 2. The van der Waals surface area contributed by atoms with Crippen LogP contribution in [0, 0.1) is 5.92 Å². The molecule has 0 fully saturated rings. The second-order valence-electron chi connectivity index (χ2n) is 6.03. The molecule has 5 nitrogen and oxygen atoms in total. The van der Waals surface area contributed by atoms with E-state index >= 15 is 0 Å². The third-order valence-electron chi connectivity index (χ3n) is 3.95. The molecule has 1 amide bonds. The first-order valence-corrected chi connectivity index (χ1v) is 8.20. The van der Waals surface area contributed by atoms with E-state index in [2.05, 4.69) is 0 Å². The lowest BCUT2D eigenvalue weighted by atomic mass is 9.96. The Labute approximate surface area is 147 Å². The third-order valence-corrected chi connectivity index (χ3v) is 3.95. The van der Waals surface area contributed by atoms with Gasteiger partial charge in [0.05, 0.1) is 7.11 Å². The first-order valence-electron chi connectivity index (χ1n) is 8.20. The molecule has 0 bridgehead atoms. The van der Waals surface area contributed by atoms with Gasteiger partial charge in [0.2, 0.25) is 5.91 Å². The molecule has 5 heteroatoms. The van der Waals surface area contributed by atoms with E-state index in [1.54, 1.807) is 31.4 Å². The Morgan fingerprint density at radius 1 is 1.08 bits per heavy atom. The van der Waals surface area contributed by atoms with Crippen LogP contribution in [-0.4, -0.2) is 30.6 Å². The Bertz CT molecular complexity index is 715. The molecule has 2 rings (SSSR count). The molecule has 132 valence electrons. The minimum atomic E-state index is -1.03. The predicted molar refractivity (Wildman–Crippen MR) is 96.9 cm³/mol. The highest BCUT2D eigenvalue weighted by atomic mass is 16.5. The van der Waals surface area contributed by atoms with Gasteiger partial charge in [0.1, 0.15) is 12.3 Å². The quantitative estimate of drug-likeness (QED) is 0.799. The molecule has 2 aromatic rings. The summed E-state index contributed by atoms with van der Waals surface area (Å²) in [6, 6.07) is 16.6. The number of carbonyl (C=O) groups excluding carboxylic acids is 1. The molecule has 25 heavy (non-hydrogen) atoms. The van der Waals surface area contributed by atoms with Crippen molar-refractivity contribution in [3.05, 3.63) is 60.2 Å². The number of nitrogens with zero attached hydrogens (tertiary/aromatic N) is 1. The van der Waals surface area contributed by atoms with Crippen LogP contribution in [0.4, 0.5) is 5.69 Å². The number of carboxylic acid groups (broad SMARTS) is 1. The molecule has 0 spiro atoms. The largest absolute Gasteiger partial charge is 0.496 e. The molecule has 0 aliphatic carbocycles. The molecule has 0 saturated heterocycles. The second-order valence-corrected chi connectivity index (χ2v) is 6.03. The molecule has 1 unspecified atom stereocenters. The number of carbonyl (C=O) groups is 2. The van der Waals surface area contributed by atoms with Crippen molar-refractivity contribution >= 4 is 17.6 Å². The number of methoxy groups -OCH3 is 1. The molecule has 0 aromatic heterocycles. The number of carboxylic acids is 1. The number of anilines is 1. The summed E-state index contributed by atoms with van der Waals surface area (Å²) >= 11 is 0. The highest BCUT2D eigenvalue weighted by Gasteiger charge is 2.21. The van der Waals surface area contributed by atoms with E-state index in [1.165, 1.54) is 4.90 Å². The molecule has 2 aromatic carbocycles. The van der Waals surface area contributed by atoms with Crippen LogP contribution in [0.3, 0.4) is 0 Å². The van der Waals surface area contributed by atoms with Crippen molar-refractivity contribution < 1.29 is 19.4 Å². The van der Waals surface area contributed by atoms with Gasteiger partial charge in [0, 0.05) is 12.1 Å². The number of benzene rings is 2. The molecule has 1 atom stereocenters. The average molecular weight is 341 g/mol. The SMILES string of the molecule is COc1ccccc1CC(C)CC(=O)N(CC(=O)O)c1ccccc1. The smallest absolute Gasteiger partial charge is 0.323 e. The fourth-order valence-electron chi connectivity index (χ4n) is 2.79. The van der Waals surface area contributed by atoms with Gasteiger partial charge in [0.25, 0.3) is 0 Å². The normalized spacial score (nSPS) is 11.6. The van der Waals surface area contributed by atoms with Crippen LogP contribution in [0.2, 0.25) is 0 Å². The van der Waals surface area contributed by atoms with Gasteiger partial charge in [0.15, 0.2) is 0 Å². The summed E-state index contributed by atoms with van der Waals surface area (Å²) in [6.45, 7) is 1.64. The second kappa shape index (κ2) is 8.87. The molecule has 0 heterocycles. The molecular weight excluding hydrogens is 318 g/mol. The van der Waals surface area contributed by atoms with E-state index in [9.17, 15) is 9.59 Å². The van der Waals surface area contributed by atoms with E-state index in [-0.39, 0.29) is 24.8 Å². The standard InChI is InChI=1S/C20H23NO4/c1-15(12-16-8-6-7-11-18(16)25-2)13-19(22)21(14-20(23)24)17-9-4-3-5-10-17/h3-11,15H,12-14H2,1-2H3,(H,23,24). The number of hydrogen-bond donors (Lipinski definition) is 1. The molecular formula is C20H23NO4. The molecule has 1 N–H and O–H groups in total. The summed E-state index contributed by atoms with van der Waals surface area (Å²) in [5.74, 6) is -0.373. The fourth-order valence-corrected chi connectivity index (χ4v) is 2.79. The van der Waals surface area contributed by atoms with Gasteiger partial charge >= 0.3 is 5.97 Å². The van der Waals surface area contributed by atoms with E-state index in [4.69, 9.17) is 9.84 Å². The lowest BCUT2D eigenvalue weighted by Crippen LogP contribution is -2.36. The number of rotatable bonds is 8. The molecule has 0 aliphatic rings. The first kappa shape index (κ1) is 18.5. The van der Waals surface area contributed by atoms with Crippen molar-refractivity contribution in [2.45, 2.75) is 19.8 Å². The minimum absolute atomic E-state index is 0.0591. The lowest BCUT2D eigenvalue weighted by molar-refractivity contribution is -0.136. The molecule has 0 saturated carbocycles. The number of amides is 1. The monoisotopic (exact) mass is 341 g/mol. The van der Waals surface area contributed by atoms with Gasteiger partial charge in [-0.15, -0.1) is 0 Å². The van der Waals surface area contributed by atoms with E-state index in [0.29, 0.717) is 12.1 Å². The Hall–Kier alpha value is -2.82. The summed E-state index contributed by atoms with van der Waals surface area (Å²) < 4.78 is 5.35. The van der Waals surface area contributed by atoms with Crippen molar-refractivity contribution in [1.29, 1.82) is 0 Å². The Kier molecular flexibility index (Phi) is 6.57. The van der Waals surface area contributed by atoms with Crippen molar-refractivity contribution in [2.75, 3.05) is 18.6 Å². The maximum Gasteiger partial charge on any atom is 0.323 e.